The lowest BCUT2D eigenvalue weighted by Gasteiger charge is -2.30. The van der Waals surface area contributed by atoms with Crippen molar-refractivity contribution in [3.63, 3.8) is 0 Å². The number of rotatable bonds is 5. The molecule has 0 amide bonds. The zero-order chi connectivity index (χ0) is 14.7. The molecule has 2 aromatic rings. The maximum atomic E-state index is 12.2. The molecule has 1 aliphatic heterocycles. The number of aromatic amines is 2. The van der Waals surface area contributed by atoms with Crippen LogP contribution in [0.25, 0.3) is 0 Å². The molecule has 21 heavy (non-hydrogen) atoms. The molecule has 8 heteroatoms. The highest BCUT2D eigenvalue weighted by Crippen LogP contribution is 2.25. The molecule has 0 atom stereocenters. The van der Waals surface area contributed by atoms with Gasteiger partial charge in [0.1, 0.15) is 12.5 Å². The molecule has 2 aromatic heterocycles. The third-order valence-electron chi connectivity index (χ3n) is 3.90. The predicted octanol–water partition coefficient (Wildman–Crippen LogP) is 0.644. The van der Waals surface area contributed by atoms with E-state index in [1.54, 1.807) is 10.9 Å². The van der Waals surface area contributed by atoms with Crippen LogP contribution in [-0.4, -0.2) is 49.6 Å². The van der Waals surface area contributed by atoms with Gasteiger partial charge in [0.2, 0.25) is 0 Å². The van der Waals surface area contributed by atoms with Crippen LogP contribution < -0.4 is 5.69 Å². The Bertz CT molecular complexity index is 624. The Morgan fingerprint density at radius 3 is 2.86 bits per heavy atom. The Balaban J connectivity index is 1.52. The molecule has 1 aliphatic rings. The van der Waals surface area contributed by atoms with E-state index in [-0.39, 0.29) is 5.69 Å². The van der Waals surface area contributed by atoms with E-state index in [0.29, 0.717) is 12.5 Å². The number of aryl methyl sites for hydroxylation is 1. The van der Waals surface area contributed by atoms with Crippen molar-refractivity contribution in [1.82, 2.24) is 29.9 Å². The summed E-state index contributed by atoms with van der Waals surface area (Å²) in [4.78, 5) is 16.2. The molecule has 1 fully saturated rings. The number of nitrogens with zero attached hydrogens (tertiary/aromatic N) is 4. The van der Waals surface area contributed by atoms with Crippen molar-refractivity contribution < 1.29 is 4.39 Å². The second-order valence-corrected chi connectivity index (χ2v) is 5.41. The molecular weight excluding hydrogens is 275 g/mol. The van der Waals surface area contributed by atoms with Crippen LogP contribution in [0.15, 0.2) is 17.2 Å². The summed E-state index contributed by atoms with van der Waals surface area (Å²) in [7, 11) is 0. The van der Waals surface area contributed by atoms with Gasteiger partial charge in [0.15, 0.2) is 0 Å². The summed E-state index contributed by atoms with van der Waals surface area (Å²) >= 11 is 0. The summed E-state index contributed by atoms with van der Waals surface area (Å²) in [5.41, 5.74) is 0.864. The smallest absolute Gasteiger partial charge is 0.299 e. The fourth-order valence-corrected chi connectivity index (χ4v) is 2.80. The van der Waals surface area contributed by atoms with Gasteiger partial charge in [0.05, 0.1) is 12.7 Å². The zero-order valence-corrected chi connectivity index (χ0v) is 11.8. The van der Waals surface area contributed by atoms with E-state index in [0.717, 1.165) is 43.9 Å². The molecule has 7 nitrogen and oxygen atoms in total. The highest BCUT2D eigenvalue weighted by Gasteiger charge is 2.23. The van der Waals surface area contributed by atoms with Crippen LogP contribution in [0.3, 0.4) is 0 Å². The largest absolute Gasteiger partial charge is 0.340 e. The first-order valence-electron chi connectivity index (χ1n) is 7.19. The third kappa shape index (κ3) is 3.38. The molecular formula is C13H19FN6O. The first kappa shape index (κ1) is 14.0. The number of hydrogen-bond acceptors (Lipinski definition) is 4. The number of likely N-dealkylation sites (tertiary alicyclic amines) is 1. The molecule has 0 aromatic carbocycles. The van der Waals surface area contributed by atoms with Crippen molar-refractivity contribution >= 4 is 0 Å². The molecule has 0 unspecified atom stereocenters. The van der Waals surface area contributed by atoms with E-state index >= 15 is 0 Å². The Morgan fingerprint density at radius 1 is 1.38 bits per heavy atom. The van der Waals surface area contributed by atoms with Gasteiger partial charge in [0.25, 0.3) is 0 Å². The molecule has 114 valence electrons. The third-order valence-corrected chi connectivity index (χ3v) is 3.90. The van der Waals surface area contributed by atoms with E-state index < -0.39 is 6.67 Å². The van der Waals surface area contributed by atoms with Crippen LogP contribution in [0.1, 0.15) is 30.1 Å². The number of aromatic nitrogens is 5. The van der Waals surface area contributed by atoms with E-state index in [2.05, 4.69) is 25.2 Å². The molecule has 0 saturated carbocycles. The van der Waals surface area contributed by atoms with Gasteiger partial charge in [-0.15, -0.1) is 0 Å². The van der Waals surface area contributed by atoms with Gasteiger partial charge in [-0.2, -0.15) is 10.2 Å². The Kier molecular flexibility index (Phi) is 4.14. The highest BCUT2D eigenvalue weighted by molar-refractivity contribution is 5.04. The number of H-pyrrole nitrogens is 2. The first-order valence-corrected chi connectivity index (χ1v) is 7.19. The zero-order valence-electron chi connectivity index (χ0n) is 11.8. The van der Waals surface area contributed by atoms with E-state index in [1.807, 2.05) is 6.20 Å². The average molecular weight is 294 g/mol. The number of nitrogens with one attached hydrogen (secondary N) is 2. The van der Waals surface area contributed by atoms with Crippen LogP contribution in [0.4, 0.5) is 4.39 Å². The molecule has 0 aliphatic carbocycles. The maximum absolute atomic E-state index is 12.2. The van der Waals surface area contributed by atoms with Crippen molar-refractivity contribution in [1.29, 1.82) is 0 Å². The number of halogens is 1. The topological polar surface area (TPSA) is 82.6 Å². The van der Waals surface area contributed by atoms with E-state index in [1.165, 1.54) is 0 Å². The number of hydrogen-bond donors (Lipinski definition) is 2. The molecule has 3 heterocycles. The maximum Gasteiger partial charge on any atom is 0.340 e. The summed E-state index contributed by atoms with van der Waals surface area (Å²) < 4.78 is 13.9. The van der Waals surface area contributed by atoms with Crippen molar-refractivity contribution in [2.75, 3.05) is 19.8 Å². The van der Waals surface area contributed by atoms with Crippen molar-refractivity contribution in [2.24, 2.45) is 0 Å². The Morgan fingerprint density at radius 2 is 2.19 bits per heavy atom. The fraction of sp³-hybridized carbons (Fsp3) is 0.615. The van der Waals surface area contributed by atoms with Gasteiger partial charge >= 0.3 is 5.69 Å². The monoisotopic (exact) mass is 294 g/mol. The minimum absolute atomic E-state index is 0.243. The van der Waals surface area contributed by atoms with Crippen molar-refractivity contribution in [3.05, 3.63) is 34.3 Å². The summed E-state index contributed by atoms with van der Waals surface area (Å²) in [6.07, 6.45) is 5.64. The van der Waals surface area contributed by atoms with Crippen LogP contribution >= 0.6 is 0 Å². The number of alkyl halides is 1. The van der Waals surface area contributed by atoms with Gasteiger partial charge in [0, 0.05) is 24.2 Å². The molecule has 2 N–H and O–H groups in total. The SMILES string of the molecule is O=c1[nH]nc(C2CCN(Cc3cnn(CCF)c3)CC2)[nH]1. The molecule has 0 spiro atoms. The van der Waals surface area contributed by atoms with Crippen molar-refractivity contribution in [3.8, 4) is 0 Å². The van der Waals surface area contributed by atoms with Crippen molar-refractivity contribution in [2.45, 2.75) is 31.8 Å². The molecule has 3 rings (SSSR count). The van der Waals surface area contributed by atoms with Crippen LogP contribution in [0.5, 0.6) is 0 Å². The first-order chi connectivity index (χ1) is 10.2. The summed E-state index contributed by atoms with van der Waals surface area (Å²) in [5, 5.41) is 10.6. The summed E-state index contributed by atoms with van der Waals surface area (Å²) in [6.45, 7) is 2.65. The van der Waals surface area contributed by atoms with Crippen LogP contribution in [0, 0.1) is 0 Å². The summed E-state index contributed by atoms with van der Waals surface area (Å²) in [6, 6.07) is 0. The minimum Gasteiger partial charge on any atom is -0.299 e. The fourth-order valence-electron chi connectivity index (χ4n) is 2.80. The lowest BCUT2D eigenvalue weighted by Crippen LogP contribution is -2.32. The number of piperidine rings is 1. The standard InChI is InChI=1S/C13H19FN6O/c14-3-6-20-9-10(7-15-20)8-19-4-1-11(2-5-19)12-16-13(21)18-17-12/h7,9,11H,1-6,8H2,(H2,16,17,18,21). The summed E-state index contributed by atoms with van der Waals surface area (Å²) in [5.74, 6) is 1.07. The lowest BCUT2D eigenvalue weighted by atomic mass is 9.96. The lowest BCUT2D eigenvalue weighted by molar-refractivity contribution is 0.202. The molecule has 0 radical (unpaired) electrons. The molecule has 1 saturated heterocycles. The molecule has 0 bridgehead atoms. The van der Waals surface area contributed by atoms with Crippen LogP contribution in [-0.2, 0) is 13.1 Å². The van der Waals surface area contributed by atoms with Gasteiger partial charge in [-0.25, -0.2) is 14.3 Å². The van der Waals surface area contributed by atoms with Gasteiger partial charge in [-0.3, -0.25) is 14.6 Å². The highest BCUT2D eigenvalue weighted by atomic mass is 19.1. The van der Waals surface area contributed by atoms with Gasteiger partial charge in [-0.1, -0.05) is 0 Å². The predicted molar refractivity (Wildman–Crippen MR) is 74.7 cm³/mol. The van der Waals surface area contributed by atoms with E-state index in [9.17, 15) is 9.18 Å². The normalized spacial score (nSPS) is 17.4. The van der Waals surface area contributed by atoms with E-state index in [4.69, 9.17) is 0 Å². The van der Waals surface area contributed by atoms with Gasteiger partial charge in [-0.05, 0) is 25.9 Å². The second kappa shape index (κ2) is 6.21. The van der Waals surface area contributed by atoms with Crippen LogP contribution in [0.2, 0.25) is 0 Å². The Hall–Kier alpha value is -1.96. The van der Waals surface area contributed by atoms with Gasteiger partial charge < -0.3 is 0 Å². The average Bonchev–Trinajstić information content (AvgIpc) is 3.10. The Labute approximate surface area is 121 Å². The second-order valence-electron chi connectivity index (χ2n) is 5.41. The minimum atomic E-state index is -0.394. The quantitative estimate of drug-likeness (QED) is 0.848.